The van der Waals surface area contributed by atoms with E-state index in [1.54, 1.807) is 6.92 Å². The molecule has 9 heteroatoms. The van der Waals surface area contributed by atoms with Crippen molar-refractivity contribution in [2.75, 3.05) is 13.1 Å². The zero-order valence-electron chi connectivity index (χ0n) is 11.8. The van der Waals surface area contributed by atoms with Crippen molar-refractivity contribution in [1.29, 1.82) is 0 Å². The van der Waals surface area contributed by atoms with E-state index < -0.39 is 37.2 Å². The number of benzene rings is 1. The van der Waals surface area contributed by atoms with Crippen LogP contribution in [0.2, 0.25) is 5.02 Å². The summed E-state index contributed by atoms with van der Waals surface area (Å²) in [7, 11) is -4.05. The van der Waals surface area contributed by atoms with E-state index in [4.69, 9.17) is 11.6 Å². The summed E-state index contributed by atoms with van der Waals surface area (Å²) in [6, 6.07) is 2.59. The second kappa shape index (κ2) is 5.99. The number of hydrogen-bond acceptors (Lipinski definition) is 3. The SMILES string of the molecule is CC1(NS(=O)(=O)c2ccc(Cl)c(C(F)(F)F)c2)CCNCC1. The highest BCUT2D eigenvalue weighted by Gasteiger charge is 2.36. The fraction of sp³-hybridized carbons (Fsp3) is 0.538. The molecule has 1 heterocycles. The van der Waals surface area contributed by atoms with Gasteiger partial charge in [0.05, 0.1) is 15.5 Å². The lowest BCUT2D eigenvalue weighted by atomic mass is 9.92. The van der Waals surface area contributed by atoms with E-state index >= 15 is 0 Å². The molecule has 0 atom stereocenters. The molecule has 0 unspecified atom stereocenters. The lowest BCUT2D eigenvalue weighted by Crippen LogP contribution is -2.52. The minimum absolute atomic E-state index is 0.441. The number of rotatable bonds is 3. The molecule has 1 aliphatic heterocycles. The van der Waals surface area contributed by atoms with E-state index in [-0.39, 0.29) is 0 Å². The second-order valence-corrected chi connectivity index (χ2v) is 7.65. The average Bonchev–Trinajstić information content (AvgIpc) is 2.37. The first-order valence-electron chi connectivity index (χ1n) is 6.65. The van der Waals surface area contributed by atoms with Crippen LogP contribution in [0, 0.1) is 0 Å². The molecule has 0 aromatic heterocycles. The molecule has 0 radical (unpaired) electrons. The first-order valence-corrected chi connectivity index (χ1v) is 8.51. The molecular weight excluding hydrogens is 341 g/mol. The summed E-state index contributed by atoms with van der Waals surface area (Å²) in [5.74, 6) is 0. The molecule has 1 aromatic carbocycles. The van der Waals surface area contributed by atoms with E-state index in [1.807, 2.05) is 0 Å². The molecule has 124 valence electrons. The van der Waals surface area contributed by atoms with Gasteiger partial charge in [0.2, 0.25) is 10.0 Å². The van der Waals surface area contributed by atoms with E-state index in [9.17, 15) is 21.6 Å². The summed E-state index contributed by atoms with van der Waals surface area (Å²) in [5.41, 5.74) is -1.84. The minimum Gasteiger partial charge on any atom is -0.317 e. The molecule has 4 nitrogen and oxygen atoms in total. The summed E-state index contributed by atoms with van der Waals surface area (Å²) < 4.78 is 65.7. The zero-order chi connectivity index (χ0) is 16.6. The first kappa shape index (κ1) is 17.5. The van der Waals surface area contributed by atoms with Gasteiger partial charge in [-0.15, -0.1) is 0 Å². The van der Waals surface area contributed by atoms with Gasteiger partial charge < -0.3 is 5.32 Å². The van der Waals surface area contributed by atoms with Gasteiger partial charge in [-0.05, 0) is 51.1 Å². The summed E-state index contributed by atoms with van der Waals surface area (Å²) in [6.45, 7) is 3.03. The van der Waals surface area contributed by atoms with Crippen LogP contribution in [0.25, 0.3) is 0 Å². The van der Waals surface area contributed by atoms with Crippen LogP contribution in [0.3, 0.4) is 0 Å². The summed E-state index contributed by atoms with van der Waals surface area (Å²) in [5, 5.41) is 2.57. The Bertz CT molecular complexity index is 656. The molecular formula is C13H16ClF3N2O2S. The number of alkyl halides is 3. The Kier molecular flexibility index (Phi) is 4.77. The highest BCUT2D eigenvalue weighted by molar-refractivity contribution is 7.89. The maximum atomic E-state index is 12.8. The van der Waals surface area contributed by atoms with Crippen LogP contribution in [-0.2, 0) is 16.2 Å². The number of sulfonamides is 1. The second-order valence-electron chi connectivity index (χ2n) is 5.56. The van der Waals surface area contributed by atoms with E-state index in [2.05, 4.69) is 10.0 Å². The number of piperidine rings is 1. The van der Waals surface area contributed by atoms with Crippen LogP contribution in [0.1, 0.15) is 25.3 Å². The van der Waals surface area contributed by atoms with Crippen molar-refractivity contribution in [2.45, 2.75) is 36.4 Å². The normalized spacial score (nSPS) is 19.1. The Balaban J connectivity index is 2.34. The van der Waals surface area contributed by atoms with Gasteiger partial charge in [0.25, 0.3) is 0 Å². The molecule has 0 amide bonds. The van der Waals surface area contributed by atoms with Gasteiger partial charge in [-0.1, -0.05) is 11.6 Å². The van der Waals surface area contributed by atoms with Crippen LogP contribution in [0.15, 0.2) is 23.1 Å². The smallest absolute Gasteiger partial charge is 0.317 e. The Labute approximate surface area is 132 Å². The van der Waals surface area contributed by atoms with Gasteiger partial charge in [-0.3, -0.25) is 0 Å². The van der Waals surface area contributed by atoms with Crippen molar-refractivity contribution < 1.29 is 21.6 Å². The van der Waals surface area contributed by atoms with Crippen molar-refractivity contribution in [3.63, 3.8) is 0 Å². The summed E-state index contributed by atoms with van der Waals surface area (Å²) >= 11 is 5.51. The highest BCUT2D eigenvalue weighted by atomic mass is 35.5. The van der Waals surface area contributed by atoms with Crippen LogP contribution < -0.4 is 10.0 Å². The molecule has 0 spiro atoms. The molecule has 22 heavy (non-hydrogen) atoms. The minimum atomic E-state index is -4.71. The predicted octanol–water partition coefficient (Wildman–Crippen LogP) is 2.78. The predicted molar refractivity (Wildman–Crippen MR) is 77.3 cm³/mol. The maximum Gasteiger partial charge on any atom is 0.417 e. The largest absolute Gasteiger partial charge is 0.417 e. The van der Waals surface area contributed by atoms with Crippen molar-refractivity contribution >= 4 is 21.6 Å². The third kappa shape index (κ3) is 3.92. The fourth-order valence-corrected chi connectivity index (χ4v) is 4.07. The van der Waals surface area contributed by atoms with Crippen LogP contribution in [0.5, 0.6) is 0 Å². The van der Waals surface area contributed by atoms with Crippen LogP contribution in [-0.4, -0.2) is 27.0 Å². The topological polar surface area (TPSA) is 58.2 Å². The fourth-order valence-electron chi connectivity index (χ4n) is 2.35. The standard InChI is InChI=1S/C13H16ClF3N2O2S/c1-12(4-6-18-7-5-12)19-22(20,21)9-2-3-11(14)10(8-9)13(15,16)17/h2-3,8,18-19H,4-7H2,1H3. The highest BCUT2D eigenvalue weighted by Crippen LogP contribution is 2.36. The number of nitrogens with one attached hydrogen (secondary N) is 2. The molecule has 1 aromatic rings. The Morgan fingerprint density at radius 3 is 2.41 bits per heavy atom. The number of halogens is 4. The summed E-state index contributed by atoms with van der Waals surface area (Å²) in [6.07, 6.45) is -3.58. The molecule has 2 N–H and O–H groups in total. The molecule has 0 aliphatic carbocycles. The molecule has 1 saturated heterocycles. The van der Waals surface area contributed by atoms with Crippen LogP contribution in [0.4, 0.5) is 13.2 Å². The Morgan fingerprint density at radius 2 is 1.86 bits per heavy atom. The monoisotopic (exact) mass is 356 g/mol. The van der Waals surface area contributed by atoms with E-state index in [1.165, 1.54) is 0 Å². The molecule has 2 rings (SSSR count). The van der Waals surface area contributed by atoms with Crippen molar-refractivity contribution in [3.8, 4) is 0 Å². The summed E-state index contributed by atoms with van der Waals surface area (Å²) in [4.78, 5) is -0.441. The van der Waals surface area contributed by atoms with Crippen molar-refractivity contribution in [3.05, 3.63) is 28.8 Å². The quantitative estimate of drug-likeness (QED) is 0.875. The van der Waals surface area contributed by atoms with Gasteiger partial charge in [0, 0.05) is 5.54 Å². The lowest BCUT2D eigenvalue weighted by Gasteiger charge is -2.34. The molecule has 1 fully saturated rings. The maximum absolute atomic E-state index is 12.8. The molecule has 0 saturated carbocycles. The number of hydrogen-bond donors (Lipinski definition) is 2. The third-order valence-corrected chi connectivity index (χ3v) is 5.61. The Morgan fingerprint density at radius 1 is 1.27 bits per heavy atom. The lowest BCUT2D eigenvalue weighted by molar-refractivity contribution is -0.137. The zero-order valence-corrected chi connectivity index (χ0v) is 13.4. The van der Waals surface area contributed by atoms with Crippen molar-refractivity contribution in [1.82, 2.24) is 10.0 Å². The van der Waals surface area contributed by atoms with Gasteiger partial charge >= 0.3 is 6.18 Å². The van der Waals surface area contributed by atoms with E-state index in [0.717, 1.165) is 12.1 Å². The van der Waals surface area contributed by atoms with E-state index in [0.29, 0.717) is 32.0 Å². The third-order valence-electron chi connectivity index (χ3n) is 3.64. The van der Waals surface area contributed by atoms with Crippen molar-refractivity contribution in [2.24, 2.45) is 0 Å². The van der Waals surface area contributed by atoms with Crippen LogP contribution >= 0.6 is 11.6 Å². The average molecular weight is 357 g/mol. The Hall–Kier alpha value is -0.830. The molecule has 1 aliphatic rings. The van der Waals surface area contributed by atoms with Gasteiger partial charge in [0.1, 0.15) is 0 Å². The first-order chi connectivity index (χ1) is 10.0. The van der Waals surface area contributed by atoms with Gasteiger partial charge in [-0.25, -0.2) is 13.1 Å². The molecule has 0 bridgehead atoms. The van der Waals surface area contributed by atoms with Gasteiger partial charge in [-0.2, -0.15) is 13.2 Å². The van der Waals surface area contributed by atoms with Gasteiger partial charge in [0.15, 0.2) is 0 Å².